The summed E-state index contributed by atoms with van der Waals surface area (Å²) in [5.74, 6) is 2.13. The molecular formula is C17H18O4. The Balaban J connectivity index is 1.88. The molecule has 21 heavy (non-hydrogen) atoms. The van der Waals surface area contributed by atoms with Crippen molar-refractivity contribution in [3.05, 3.63) is 53.6 Å². The van der Waals surface area contributed by atoms with Crippen molar-refractivity contribution in [2.45, 2.75) is 12.0 Å². The molecule has 0 saturated carbocycles. The van der Waals surface area contributed by atoms with Crippen molar-refractivity contribution in [3.63, 3.8) is 0 Å². The minimum absolute atomic E-state index is 0.0863. The molecule has 0 saturated heterocycles. The maximum Gasteiger partial charge on any atom is 0.128 e. The van der Waals surface area contributed by atoms with Crippen molar-refractivity contribution in [1.82, 2.24) is 0 Å². The van der Waals surface area contributed by atoms with Gasteiger partial charge < -0.3 is 19.3 Å². The van der Waals surface area contributed by atoms with Crippen molar-refractivity contribution in [1.29, 1.82) is 0 Å². The molecule has 0 amide bonds. The molecule has 110 valence electrons. The average molecular weight is 286 g/mol. The molecule has 2 atom stereocenters. The molecule has 0 aromatic heterocycles. The zero-order valence-electron chi connectivity index (χ0n) is 12.1. The van der Waals surface area contributed by atoms with Gasteiger partial charge in [-0.25, -0.2) is 0 Å². The molecular weight excluding hydrogens is 268 g/mol. The lowest BCUT2D eigenvalue weighted by Gasteiger charge is -2.30. The highest BCUT2D eigenvalue weighted by Crippen LogP contribution is 2.42. The zero-order chi connectivity index (χ0) is 14.8. The molecule has 0 fully saturated rings. The monoisotopic (exact) mass is 286 g/mol. The first-order valence-corrected chi connectivity index (χ1v) is 6.85. The second kappa shape index (κ2) is 5.66. The van der Waals surface area contributed by atoms with Gasteiger partial charge in [-0.15, -0.1) is 0 Å². The smallest absolute Gasteiger partial charge is 0.128 e. The molecule has 4 heteroatoms. The Morgan fingerprint density at radius 1 is 1.00 bits per heavy atom. The average Bonchev–Trinajstić information content (AvgIpc) is 2.55. The van der Waals surface area contributed by atoms with Crippen LogP contribution in [0.3, 0.4) is 0 Å². The van der Waals surface area contributed by atoms with E-state index in [0.29, 0.717) is 12.4 Å². The Morgan fingerprint density at radius 2 is 1.67 bits per heavy atom. The van der Waals surface area contributed by atoms with E-state index in [4.69, 9.17) is 14.2 Å². The fraction of sp³-hybridized carbons (Fsp3) is 0.294. The van der Waals surface area contributed by atoms with Crippen molar-refractivity contribution in [3.8, 4) is 17.2 Å². The first-order chi connectivity index (χ1) is 10.2. The third-order valence-corrected chi connectivity index (χ3v) is 3.88. The number of hydrogen-bond acceptors (Lipinski definition) is 4. The third-order valence-electron chi connectivity index (χ3n) is 3.88. The summed E-state index contributed by atoms with van der Waals surface area (Å²) in [5.41, 5.74) is 1.83. The van der Waals surface area contributed by atoms with E-state index in [1.54, 1.807) is 14.2 Å². The summed E-state index contributed by atoms with van der Waals surface area (Å²) in [5, 5.41) is 10.6. The van der Waals surface area contributed by atoms with E-state index in [1.807, 2.05) is 42.5 Å². The van der Waals surface area contributed by atoms with Crippen LogP contribution in [0.25, 0.3) is 0 Å². The van der Waals surface area contributed by atoms with Crippen LogP contribution in [0.2, 0.25) is 0 Å². The second-order valence-corrected chi connectivity index (χ2v) is 5.04. The molecule has 0 aliphatic carbocycles. The molecule has 1 aliphatic heterocycles. The van der Waals surface area contributed by atoms with E-state index in [-0.39, 0.29) is 5.92 Å². The van der Waals surface area contributed by atoms with Crippen LogP contribution in [0.1, 0.15) is 23.1 Å². The van der Waals surface area contributed by atoms with E-state index in [1.165, 1.54) is 0 Å². The predicted octanol–water partition coefficient (Wildman–Crippen LogP) is 2.91. The van der Waals surface area contributed by atoms with Crippen molar-refractivity contribution < 1.29 is 19.3 Å². The summed E-state index contributed by atoms with van der Waals surface area (Å²) in [6.45, 7) is 0.438. The SMILES string of the molecule is COc1ccc([C@H]2COc3cc(OC)ccc3[C@@H]2O)cc1. The third kappa shape index (κ3) is 2.54. The molecule has 0 bridgehead atoms. The molecule has 0 spiro atoms. The van der Waals surface area contributed by atoms with Crippen LogP contribution < -0.4 is 14.2 Å². The minimum Gasteiger partial charge on any atom is -0.497 e. The van der Waals surface area contributed by atoms with Gasteiger partial charge >= 0.3 is 0 Å². The van der Waals surface area contributed by atoms with Gasteiger partial charge in [-0.1, -0.05) is 12.1 Å². The topological polar surface area (TPSA) is 47.9 Å². The zero-order valence-corrected chi connectivity index (χ0v) is 12.1. The molecule has 1 aliphatic rings. The highest BCUT2D eigenvalue weighted by Gasteiger charge is 2.30. The molecule has 3 rings (SSSR count). The lowest BCUT2D eigenvalue weighted by molar-refractivity contribution is 0.0887. The molecule has 1 N–H and O–H groups in total. The summed E-state index contributed by atoms with van der Waals surface area (Å²) >= 11 is 0. The number of ether oxygens (including phenoxy) is 3. The van der Waals surface area contributed by atoms with Crippen LogP contribution in [0.5, 0.6) is 17.2 Å². The normalized spacial score (nSPS) is 20.3. The molecule has 2 aromatic rings. The minimum atomic E-state index is -0.590. The quantitative estimate of drug-likeness (QED) is 0.942. The second-order valence-electron chi connectivity index (χ2n) is 5.04. The van der Waals surface area contributed by atoms with Gasteiger partial charge in [0, 0.05) is 17.5 Å². The van der Waals surface area contributed by atoms with Gasteiger partial charge in [0.2, 0.25) is 0 Å². The number of methoxy groups -OCH3 is 2. The first-order valence-electron chi connectivity index (χ1n) is 6.85. The van der Waals surface area contributed by atoms with Crippen molar-refractivity contribution in [2.75, 3.05) is 20.8 Å². The molecule has 1 heterocycles. The number of fused-ring (bicyclic) bond motifs is 1. The fourth-order valence-electron chi connectivity index (χ4n) is 2.63. The van der Waals surface area contributed by atoms with Crippen molar-refractivity contribution >= 4 is 0 Å². The Morgan fingerprint density at radius 3 is 2.33 bits per heavy atom. The van der Waals surface area contributed by atoms with Crippen LogP contribution in [-0.2, 0) is 0 Å². The number of rotatable bonds is 3. The van der Waals surface area contributed by atoms with Crippen LogP contribution in [0, 0.1) is 0 Å². The van der Waals surface area contributed by atoms with Gasteiger partial charge in [-0.3, -0.25) is 0 Å². The summed E-state index contributed by atoms with van der Waals surface area (Å²) in [4.78, 5) is 0. The predicted molar refractivity (Wildman–Crippen MR) is 79.2 cm³/mol. The van der Waals surface area contributed by atoms with E-state index < -0.39 is 6.10 Å². The lowest BCUT2D eigenvalue weighted by atomic mass is 9.87. The summed E-state index contributed by atoms with van der Waals surface area (Å²) < 4.78 is 16.1. The van der Waals surface area contributed by atoms with E-state index in [9.17, 15) is 5.11 Å². The lowest BCUT2D eigenvalue weighted by Crippen LogP contribution is -2.24. The fourth-order valence-corrected chi connectivity index (χ4v) is 2.63. The van der Waals surface area contributed by atoms with E-state index in [2.05, 4.69) is 0 Å². The van der Waals surface area contributed by atoms with Gasteiger partial charge in [-0.2, -0.15) is 0 Å². The Kier molecular flexibility index (Phi) is 3.71. The Bertz CT molecular complexity index is 621. The van der Waals surface area contributed by atoms with Crippen LogP contribution in [0.4, 0.5) is 0 Å². The van der Waals surface area contributed by atoms with Gasteiger partial charge in [0.15, 0.2) is 0 Å². The maximum absolute atomic E-state index is 10.6. The molecule has 0 radical (unpaired) electrons. The van der Waals surface area contributed by atoms with Gasteiger partial charge in [0.25, 0.3) is 0 Å². The summed E-state index contributed by atoms with van der Waals surface area (Å²) in [7, 11) is 3.25. The van der Waals surface area contributed by atoms with Crippen molar-refractivity contribution in [2.24, 2.45) is 0 Å². The molecule has 0 unspecified atom stereocenters. The highest BCUT2D eigenvalue weighted by molar-refractivity contribution is 5.45. The summed E-state index contributed by atoms with van der Waals surface area (Å²) in [6.07, 6.45) is -0.590. The standard InChI is InChI=1S/C17H18O4/c1-19-12-5-3-11(4-6-12)15-10-21-16-9-13(20-2)7-8-14(16)17(15)18/h3-9,15,17-18H,10H2,1-2H3/t15-,17+/m1/s1. The molecule has 4 nitrogen and oxygen atoms in total. The van der Waals surface area contributed by atoms with Gasteiger partial charge in [0.05, 0.1) is 26.9 Å². The summed E-state index contributed by atoms with van der Waals surface area (Å²) in [6, 6.07) is 13.2. The Hall–Kier alpha value is -2.20. The van der Waals surface area contributed by atoms with Gasteiger partial charge in [-0.05, 0) is 29.8 Å². The number of aliphatic hydroxyl groups is 1. The van der Waals surface area contributed by atoms with Crippen LogP contribution >= 0.6 is 0 Å². The first kappa shape index (κ1) is 13.8. The largest absolute Gasteiger partial charge is 0.497 e. The number of benzene rings is 2. The van der Waals surface area contributed by atoms with Crippen LogP contribution in [-0.4, -0.2) is 25.9 Å². The van der Waals surface area contributed by atoms with E-state index >= 15 is 0 Å². The van der Waals surface area contributed by atoms with Gasteiger partial charge in [0.1, 0.15) is 17.2 Å². The maximum atomic E-state index is 10.6. The molecule has 2 aromatic carbocycles. The highest BCUT2D eigenvalue weighted by atomic mass is 16.5. The number of hydrogen-bond donors (Lipinski definition) is 1. The van der Waals surface area contributed by atoms with Crippen LogP contribution in [0.15, 0.2) is 42.5 Å². The van der Waals surface area contributed by atoms with E-state index in [0.717, 1.165) is 22.6 Å². The Labute approximate surface area is 123 Å². The number of aliphatic hydroxyl groups excluding tert-OH is 1.